The van der Waals surface area contributed by atoms with Crippen LogP contribution in [0, 0.1) is 0 Å². The predicted molar refractivity (Wildman–Crippen MR) is 73.5 cm³/mol. The van der Waals surface area contributed by atoms with E-state index in [0.29, 0.717) is 6.54 Å². The Balaban J connectivity index is 2.23. The lowest BCUT2D eigenvalue weighted by Gasteiger charge is -2.20. The van der Waals surface area contributed by atoms with Crippen LogP contribution in [0.2, 0.25) is 0 Å². The van der Waals surface area contributed by atoms with E-state index in [1.54, 1.807) is 0 Å². The fraction of sp³-hybridized carbons (Fsp3) is 0.643. The average molecular weight is 263 g/mol. The van der Waals surface area contributed by atoms with Crippen molar-refractivity contribution < 1.29 is 9.90 Å². The van der Waals surface area contributed by atoms with Crippen molar-refractivity contribution in [2.75, 3.05) is 11.9 Å². The van der Waals surface area contributed by atoms with Gasteiger partial charge in [-0.05, 0) is 25.7 Å². The molecule has 0 saturated carbocycles. The molecule has 0 aliphatic heterocycles. The van der Waals surface area contributed by atoms with Gasteiger partial charge in [0.05, 0.1) is 6.42 Å². The molecular formula is C14H21N3O2. The molecule has 0 amide bonds. The van der Waals surface area contributed by atoms with Crippen molar-refractivity contribution in [3.8, 4) is 0 Å². The van der Waals surface area contributed by atoms with E-state index in [1.165, 1.54) is 12.0 Å². The first-order valence-corrected chi connectivity index (χ1v) is 6.93. The molecule has 1 aromatic rings. The second-order valence-electron chi connectivity index (χ2n) is 5.29. The van der Waals surface area contributed by atoms with Crippen LogP contribution in [0.25, 0.3) is 0 Å². The fourth-order valence-electron chi connectivity index (χ4n) is 2.31. The van der Waals surface area contributed by atoms with Gasteiger partial charge in [-0.2, -0.15) is 0 Å². The summed E-state index contributed by atoms with van der Waals surface area (Å²) in [5.74, 6) is 1.18. The molecule has 0 bridgehead atoms. The van der Waals surface area contributed by atoms with Gasteiger partial charge in [0.25, 0.3) is 0 Å². The zero-order valence-electron chi connectivity index (χ0n) is 11.6. The van der Waals surface area contributed by atoms with Gasteiger partial charge in [-0.3, -0.25) is 4.79 Å². The lowest BCUT2D eigenvalue weighted by Crippen LogP contribution is -2.17. The lowest BCUT2D eigenvalue weighted by atomic mass is 9.96. The van der Waals surface area contributed by atoms with Gasteiger partial charge in [0.1, 0.15) is 11.6 Å². The Kier molecular flexibility index (Phi) is 4.35. The third-order valence-corrected chi connectivity index (χ3v) is 3.35. The van der Waals surface area contributed by atoms with Gasteiger partial charge in [-0.1, -0.05) is 13.8 Å². The van der Waals surface area contributed by atoms with Crippen LogP contribution in [0.1, 0.15) is 56.1 Å². The second kappa shape index (κ2) is 5.99. The number of hydrogen-bond acceptors (Lipinski definition) is 4. The van der Waals surface area contributed by atoms with E-state index < -0.39 is 5.97 Å². The zero-order chi connectivity index (χ0) is 13.8. The predicted octanol–water partition coefficient (Wildman–Crippen LogP) is 2.37. The topological polar surface area (TPSA) is 75.1 Å². The number of rotatable bonds is 5. The van der Waals surface area contributed by atoms with Crippen LogP contribution < -0.4 is 5.32 Å². The quantitative estimate of drug-likeness (QED) is 0.853. The molecule has 0 fully saturated rings. The third kappa shape index (κ3) is 3.43. The highest BCUT2D eigenvalue weighted by atomic mass is 16.4. The molecule has 5 heteroatoms. The van der Waals surface area contributed by atoms with Gasteiger partial charge in [0.2, 0.25) is 0 Å². The van der Waals surface area contributed by atoms with Crippen molar-refractivity contribution in [1.29, 1.82) is 0 Å². The van der Waals surface area contributed by atoms with Gasteiger partial charge < -0.3 is 10.4 Å². The van der Waals surface area contributed by atoms with Crippen molar-refractivity contribution in [3.63, 3.8) is 0 Å². The molecule has 0 aromatic carbocycles. The van der Waals surface area contributed by atoms with Gasteiger partial charge in [-0.15, -0.1) is 0 Å². The van der Waals surface area contributed by atoms with Crippen LogP contribution in [-0.2, 0) is 17.6 Å². The van der Waals surface area contributed by atoms with E-state index in [-0.39, 0.29) is 12.3 Å². The van der Waals surface area contributed by atoms with Crippen LogP contribution in [0.15, 0.2) is 0 Å². The van der Waals surface area contributed by atoms with Crippen LogP contribution in [0.5, 0.6) is 0 Å². The smallest absolute Gasteiger partial charge is 0.305 e. The second-order valence-corrected chi connectivity index (χ2v) is 5.29. The van der Waals surface area contributed by atoms with Gasteiger partial charge in [0, 0.05) is 23.7 Å². The summed E-state index contributed by atoms with van der Waals surface area (Å²) in [6.07, 6.45) is 4.44. The molecule has 0 radical (unpaired) electrons. The minimum atomic E-state index is -0.792. The number of nitrogens with zero attached hydrogens (tertiary/aromatic N) is 2. The Morgan fingerprint density at radius 1 is 1.32 bits per heavy atom. The van der Waals surface area contributed by atoms with E-state index in [0.717, 1.165) is 36.6 Å². The van der Waals surface area contributed by atoms with E-state index in [2.05, 4.69) is 29.1 Å². The molecule has 1 aliphatic carbocycles. The maximum absolute atomic E-state index is 10.6. The fourth-order valence-corrected chi connectivity index (χ4v) is 2.31. The van der Waals surface area contributed by atoms with Crippen LogP contribution in [0.3, 0.4) is 0 Å². The highest BCUT2D eigenvalue weighted by Crippen LogP contribution is 2.27. The van der Waals surface area contributed by atoms with Crippen LogP contribution >= 0.6 is 0 Å². The number of aromatic nitrogens is 2. The van der Waals surface area contributed by atoms with Gasteiger partial charge in [0.15, 0.2) is 0 Å². The monoisotopic (exact) mass is 263 g/mol. The Bertz CT molecular complexity index is 472. The molecule has 2 rings (SSSR count). The van der Waals surface area contributed by atoms with Crippen LogP contribution in [-0.4, -0.2) is 27.6 Å². The van der Waals surface area contributed by atoms with Crippen molar-refractivity contribution >= 4 is 11.8 Å². The van der Waals surface area contributed by atoms with E-state index in [9.17, 15) is 4.79 Å². The molecule has 1 heterocycles. The Hall–Kier alpha value is -1.65. The van der Waals surface area contributed by atoms with Crippen LogP contribution in [0.4, 0.5) is 5.82 Å². The summed E-state index contributed by atoms with van der Waals surface area (Å²) in [6.45, 7) is 4.56. The van der Waals surface area contributed by atoms with Gasteiger partial charge in [-0.25, -0.2) is 9.97 Å². The summed E-state index contributed by atoms with van der Waals surface area (Å²) < 4.78 is 0. The number of hydrogen-bond donors (Lipinski definition) is 2. The Labute approximate surface area is 113 Å². The van der Waals surface area contributed by atoms with Crippen molar-refractivity contribution in [2.45, 2.75) is 51.9 Å². The molecule has 0 unspecified atom stereocenters. The normalized spacial score (nSPS) is 14.3. The number of carboxylic acid groups (broad SMARTS) is 1. The number of aryl methyl sites for hydroxylation is 1. The molecule has 19 heavy (non-hydrogen) atoms. The first-order valence-electron chi connectivity index (χ1n) is 6.93. The number of fused-ring (bicyclic) bond motifs is 1. The summed E-state index contributed by atoms with van der Waals surface area (Å²) in [5, 5.41) is 11.9. The highest BCUT2D eigenvalue weighted by Gasteiger charge is 2.18. The van der Waals surface area contributed by atoms with Crippen molar-refractivity contribution in [1.82, 2.24) is 9.97 Å². The van der Waals surface area contributed by atoms with E-state index in [1.807, 2.05) is 0 Å². The van der Waals surface area contributed by atoms with E-state index >= 15 is 0 Å². The molecule has 2 N–H and O–H groups in total. The molecular weight excluding hydrogens is 242 g/mol. The van der Waals surface area contributed by atoms with Crippen molar-refractivity contribution in [3.05, 3.63) is 17.1 Å². The first-order chi connectivity index (χ1) is 9.08. The third-order valence-electron chi connectivity index (χ3n) is 3.35. The summed E-state index contributed by atoms with van der Waals surface area (Å²) in [4.78, 5) is 19.8. The number of aliphatic carboxylic acids is 1. The average Bonchev–Trinajstić information content (AvgIpc) is 2.38. The Morgan fingerprint density at radius 2 is 2.05 bits per heavy atom. The molecule has 0 saturated heterocycles. The zero-order valence-corrected chi connectivity index (χ0v) is 11.6. The largest absolute Gasteiger partial charge is 0.481 e. The molecule has 5 nitrogen and oxygen atoms in total. The number of nitrogens with one attached hydrogen (secondary N) is 1. The number of carbonyl (C=O) groups is 1. The minimum Gasteiger partial charge on any atom is -0.481 e. The minimum absolute atomic E-state index is 0.107. The summed E-state index contributed by atoms with van der Waals surface area (Å²) in [7, 11) is 0. The molecule has 1 aromatic heterocycles. The molecule has 1 aliphatic rings. The first kappa shape index (κ1) is 13.8. The summed E-state index contributed by atoms with van der Waals surface area (Å²) >= 11 is 0. The SMILES string of the molecule is CC(C)c1nc2c(c(NCCC(=O)O)n1)CCCC2. The Morgan fingerprint density at radius 3 is 2.74 bits per heavy atom. The van der Waals surface area contributed by atoms with E-state index in [4.69, 9.17) is 5.11 Å². The molecule has 104 valence electrons. The van der Waals surface area contributed by atoms with Crippen molar-refractivity contribution in [2.24, 2.45) is 0 Å². The molecule has 0 spiro atoms. The number of anilines is 1. The standard InChI is InChI=1S/C14H21N3O2/c1-9(2)13-16-11-6-4-3-5-10(11)14(17-13)15-8-7-12(18)19/h9H,3-8H2,1-2H3,(H,18,19)(H,15,16,17). The van der Waals surface area contributed by atoms with Gasteiger partial charge >= 0.3 is 5.97 Å². The summed E-state index contributed by atoms with van der Waals surface area (Å²) in [5.41, 5.74) is 2.32. The lowest BCUT2D eigenvalue weighted by molar-refractivity contribution is -0.136. The highest BCUT2D eigenvalue weighted by molar-refractivity contribution is 5.67. The molecule has 0 atom stereocenters. The maximum Gasteiger partial charge on any atom is 0.305 e. The maximum atomic E-state index is 10.6. The summed E-state index contributed by atoms with van der Waals surface area (Å²) in [6, 6.07) is 0. The number of carboxylic acids is 1.